The summed E-state index contributed by atoms with van der Waals surface area (Å²) in [5, 5.41) is 2.77. The van der Waals surface area contributed by atoms with Gasteiger partial charge in [-0.1, -0.05) is 36.4 Å². The lowest BCUT2D eigenvalue weighted by atomic mass is 10.1. The number of hydrogen-bond acceptors (Lipinski definition) is 4. The van der Waals surface area contributed by atoms with E-state index in [1.807, 2.05) is 30.3 Å². The van der Waals surface area contributed by atoms with Crippen molar-refractivity contribution in [3.05, 3.63) is 65.2 Å². The van der Waals surface area contributed by atoms with Crippen molar-refractivity contribution < 1.29 is 14.3 Å². The van der Waals surface area contributed by atoms with E-state index in [0.717, 1.165) is 29.7 Å². The van der Waals surface area contributed by atoms with Gasteiger partial charge in [0.2, 0.25) is 0 Å². The fraction of sp³-hybridized carbons (Fsp3) is 0.333. The number of carbonyl (C=O) groups is 2. The van der Waals surface area contributed by atoms with Crippen molar-refractivity contribution in [2.24, 2.45) is 0 Å². The molecule has 0 heterocycles. The first-order valence-corrected chi connectivity index (χ1v) is 9.90. The van der Waals surface area contributed by atoms with Crippen LogP contribution in [0.3, 0.4) is 0 Å². The van der Waals surface area contributed by atoms with E-state index in [2.05, 4.69) is 23.5 Å². The highest BCUT2D eigenvalue weighted by Gasteiger charge is 2.12. The fourth-order valence-electron chi connectivity index (χ4n) is 3.01. The molecule has 5 heteroatoms. The molecule has 1 aliphatic carbocycles. The van der Waals surface area contributed by atoms with Crippen LogP contribution in [0.1, 0.15) is 23.1 Å². The summed E-state index contributed by atoms with van der Waals surface area (Å²) in [4.78, 5) is 24.7. The van der Waals surface area contributed by atoms with E-state index >= 15 is 0 Å². The number of aryl methyl sites for hydroxylation is 2. The molecule has 0 spiro atoms. The molecule has 136 valence electrons. The number of nitrogens with one attached hydrogen (secondary N) is 1. The Morgan fingerprint density at radius 3 is 2.69 bits per heavy atom. The van der Waals surface area contributed by atoms with Gasteiger partial charge in [-0.05, 0) is 54.5 Å². The molecule has 1 aliphatic rings. The van der Waals surface area contributed by atoms with E-state index in [-0.39, 0.29) is 24.2 Å². The molecule has 0 aliphatic heterocycles. The predicted octanol–water partition coefficient (Wildman–Crippen LogP) is 3.17. The highest BCUT2D eigenvalue weighted by Crippen LogP contribution is 2.27. The van der Waals surface area contributed by atoms with Gasteiger partial charge in [-0.3, -0.25) is 9.59 Å². The molecule has 3 rings (SSSR count). The van der Waals surface area contributed by atoms with Crippen LogP contribution in [0, 0.1) is 0 Å². The second-order valence-corrected chi connectivity index (χ2v) is 7.37. The molecule has 26 heavy (non-hydrogen) atoms. The first-order valence-electron chi connectivity index (χ1n) is 8.91. The summed E-state index contributed by atoms with van der Waals surface area (Å²) < 4.78 is 5.05. The Balaban J connectivity index is 1.31. The van der Waals surface area contributed by atoms with Gasteiger partial charge in [0.25, 0.3) is 5.91 Å². The average molecular weight is 369 g/mol. The molecule has 0 aromatic heterocycles. The van der Waals surface area contributed by atoms with Crippen molar-refractivity contribution in [3.63, 3.8) is 0 Å². The maximum atomic E-state index is 11.8. The molecule has 0 unspecified atom stereocenters. The van der Waals surface area contributed by atoms with Crippen molar-refractivity contribution in [2.45, 2.75) is 30.6 Å². The zero-order valence-electron chi connectivity index (χ0n) is 14.7. The van der Waals surface area contributed by atoms with Crippen LogP contribution < -0.4 is 5.32 Å². The number of thioether (sulfide) groups is 1. The normalized spacial score (nSPS) is 12.5. The van der Waals surface area contributed by atoms with E-state index in [1.165, 1.54) is 29.3 Å². The highest BCUT2D eigenvalue weighted by atomic mass is 32.2. The average Bonchev–Trinajstić information content (AvgIpc) is 3.13. The Morgan fingerprint density at radius 1 is 1.04 bits per heavy atom. The smallest absolute Gasteiger partial charge is 0.316 e. The third-order valence-corrected chi connectivity index (χ3v) is 5.34. The minimum absolute atomic E-state index is 0.218. The topological polar surface area (TPSA) is 55.4 Å². The zero-order valence-corrected chi connectivity index (χ0v) is 15.5. The largest absolute Gasteiger partial charge is 0.455 e. The Kier molecular flexibility index (Phi) is 6.72. The van der Waals surface area contributed by atoms with Gasteiger partial charge in [0.1, 0.15) is 0 Å². The summed E-state index contributed by atoms with van der Waals surface area (Å²) in [7, 11) is 0. The zero-order chi connectivity index (χ0) is 18.2. The Bertz CT molecular complexity index is 761. The van der Waals surface area contributed by atoms with Crippen molar-refractivity contribution in [1.82, 2.24) is 5.32 Å². The summed E-state index contributed by atoms with van der Waals surface area (Å²) in [5.41, 5.74) is 3.97. The minimum Gasteiger partial charge on any atom is -0.455 e. The lowest BCUT2D eigenvalue weighted by Crippen LogP contribution is -2.30. The van der Waals surface area contributed by atoms with Gasteiger partial charge in [0, 0.05) is 11.4 Å². The van der Waals surface area contributed by atoms with Crippen molar-refractivity contribution in [3.8, 4) is 0 Å². The van der Waals surface area contributed by atoms with Crippen molar-refractivity contribution in [1.29, 1.82) is 0 Å². The van der Waals surface area contributed by atoms with Crippen LogP contribution >= 0.6 is 11.8 Å². The van der Waals surface area contributed by atoms with Gasteiger partial charge < -0.3 is 10.1 Å². The first kappa shape index (κ1) is 18.5. The SMILES string of the molecule is O=C(COC(=O)CSc1ccc2c(c1)CCC2)NCCc1ccccc1. The van der Waals surface area contributed by atoms with Gasteiger partial charge in [0.05, 0.1) is 5.75 Å². The van der Waals surface area contributed by atoms with Crippen LogP contribution in [-0.2, 0) is 33.6 Å². The summed E-state index contributed by atoms with van der Waals surface area (Å²) >= 11 is 1.46. The maximum Gasteiger partial charge on any atom is 0.316 e. The summed E-state index contributed by atoms with van der Waals surface area (Å²) in [6, 6.07) is 16.3. The van der Waals surface area contributed by atoms with E-state index in [9.17, 15) is 9.59 Å². The molecule has 0 atom stereocenters. The Hall–Kier alpha value is -2.27. The van der Waals surface area contributed by atoms with Crippen LogP contribution in [0.4, 0.5) is 0 Å². The second-order valence-electron chi connectivity index (χ2n) is 6.32. The molecular formula is C21H23NO3S. The number of ether oxygens (including phenoxy) is 1. The van der Waals surface area contributed by atoms with E-state index < -0.39 is 0 Å². The number of hydrogen-bond donors (Lipinski definition) is 1. The third kappa shape index (κ3) is 5.63. The van der Waals surface area contributed by atoms with E-state index in [1.54, 1.807) is 0 Å². The molecule has 2 aromatic rings. The molecule has 2 aromatic carbocycles. The molecule has 1 N–H and O–H groups in total. The monoisotopic (exact) mass is 369 g/mol. The molecule has 0 bridgehead atoms. The van der Waals surface area contributed by atoms with Crippen LogP contribution in [0.5, 0.6) is 0 Å². The van der Waals surface area contributed by atoms with Crippen LogP contribution in [0.2, 0.25) is 0 Å². The van der Waals surface area contributed by atoms with Crippen LogP contribution in [-0.4, -0.2) is 30.8 Å². The van der Waals surface area contributed by atoms with E-state index in [4.69, 9.17) is 4.74 Å². The molecule has 4 nitrogen and oxygen atoms in total. The summed E-state index contributed by atoms with van der Waals surface area (Å²) in [6.45, 7) is 0.308. The molecule has 0 fully saturated rings. The second kappa shape index (κ2) is 9.43. The molecule has 0 saturated heterocycles. The maximum absolute atomic E-state index is 11.8. The van der Waals surface area contributed by atoms with Gasteiger partial charge in [-0.2, -0.15) is 0 Å². The Labute approximate surface area is 158 Å². The van der Waals surface area contributed by atoms with Gasteiger partial charge in [-0.15, -0.1) is 11.8 Å². The van der Waals surface area contributed by atoms with Crippen LogP contribution in [0.15, 0.2) is 53.4 Å². The quantitative estimate of drug-likeness (QED) is 0.574. The predicted molar refractivity (Wildman–Crippen MR) is 103 cm³/mol. The number of amides is 1. The fourth-order valence-corrected chi connectivity index (χ4v) is 3.77. The molecule has 0 saturated carbocycles. The third-order valence-electron chi connectivity index (χ3n) is 4.37. The summed E-state index contributed by atoms with van der Waals surface area (Å²) in [5.74, 6) is -0.415. The number of benzene rings is 2. The van der Waals surface area contributed by atoms with Crippen LogP contribution in [0.25, 0.3) is 0 Å². The lowest BCUT2D eigenvalue weighted by Gasteiger charge is -2.07. The number of rotatable bonds is 8. The minimum atomic E-state index is -0.367. The number of carbonyl (C=O) groups excluding carboxylic acids is 2. The molecule has 0 radical (unpaired) electrons. The van der Waals surface area contributed by atoms with Gasteiger partial charge in [0.15, 0.2) is 6.61 Å². The van der Waals surface area contributed by atoms with Crippen molar-refractivity contribution in [2.75, 3.05) is 18.9 Å². The van der Waals surface area contributed by atoms with Gasteiger partial charge in [-0.25, -0.2) is 0 Å². The standard InChI is InChI=1S/C21H23NO3S/c23-20(22-12-11-16-5-2-1-3-6-16)14-25-21(24)15-26-19-10-9-17-7-4-8-18(17)13-19/h1-3,5-6,9-10,13H,4,7-8,11-12,14-15H2,(H,22,23). The van der Waals surface area contributed by atoms with Crippen molar-refractivity contribution >= 4 is 23.6 Å². The molecule has 1 amide bonds. The Morgan fingerprint density at radius 2 is 1.85 bits per heavy atom. The summed E-state index contributed by atoms with van der Waals surface area (Å²) in [6.07, 6.45) is 4.25. The highest BCUT2D eigenvalue weighted by molar-refractivity contribution is 8.00. The number of fused-ring (bicyclic) bond motifs is 1. The number of esters is 1. The molecular weight excluding hydrogens is 346 g/mol. The lowest BCUT2D eigenvalue weighted by molar-refractivity contribution is -0.145. The first-order chi connectivity index (χ1) is 12.7. The van der Waals surface area contributed by atoms with Gasteiger partial charge >= 0.3 is 5.97 Å². The van der Waals surface area contributed by atoms with E-state index in [0.29, 0.717) is 6.54 Å².